The van der Waals surface area contributed by atoms with Crippen LogP contribution in [0.5, 0.6) is 0 Å². The van der Waals surface area contributed by atoms with Gasteiger partial charge >= 0.3 is 0 Å². The number of hydrogen-bond acceptors (Lipinski definition) is 3. The smallest absolute Gasteiger partial charge is 0.250 e. The van der Waals surface area contributed by atoms with Crippen molar-refractivity contribution in [2.75, 3.05) is 13.1 Å². The number of nitrogens with one attached hydrogen (secondary N) is 2. The molecular formula is C19H23N3O2. The van der Waals surface area contributed by atoms with Crippen LogP contribution in [-0.2, 0) is 17.9 Å². The third kappa shape index (κ3) is 5.06. The number of amides is 1. The van der Waals surface area contributed by atoms with E-state index in [4.69, 9.17) is 0 Å². The zero-order valence-corrected chi connectivity index (χ0v) is 13.7. The maximum Gasteiger partial charge on any atom is 0.250 e. The number of rotatable bonds is 8. The first-order valence-electron chi connectivity index (χ1n) is 8.41. The number of benzene rings is 1. The minimum atomic E-state index is -0.00691. The molecular weight excluding hydrogens is 302 g/mol. The second-order valence-electron chi connectivity index (χ2n) is 6.33. The van der Waals surface area contributed by atoms with Gasteiger partial charge in [-0.3, -0.25) is 9.59 Å². The molecule has 1 aromatic carbocycles. The predicted molar refractivity (Wildman–Crippen MR) is 93.7 cm³/mol. The Kier molecular flexibility index (Phi) is 5.43. The number of hydrogen-bond donors (Lipinski definition) is 2. The van der Waals surface area contributed by atoms with E-state index < -0.39 is 0 Å². The Morgan fingerprint density at radius 3 is 2.54 bits per heavy atom. The molecule has 1 aliphatic rings. The first-order chi connectivity index (χ1) is 11.7. The molecule has 0 atom stereocenters. The molecule has 1 amide bonds. The fraction of sp³-hybridized carbons (Fsp3) is 0.368. The van der Waals surface area contributed by atoms with Crippen molar-refractivity contribution in [3.63, 3.8) is 0 Å². The first-order valence-corrected chi connectivity index (χ1v) is 8.41. The molecule has 3 rings (SSSR count). The summed E-state index contributed by atoms with van der Waals surface area (Å²) in [5.41, 5.74) is 2.10. The zero-order chi connectivity index (χ0) is 16.8. The molecule has 0 saturated heterocycles. The molecule has 1 fully saturated rings. The standard InChI is InChI=1S/C19H23N3O2/c23-18(13-20-11-15-4-5-15)21-12-16-6-8-17(9-7-16)14-22-10-2-1-3-19(22)24/h1-3,6-10,15,20H,4-5,11-14H2,(H,21,23). The van der Waals surface area contributed by atoms with E-state index in [1.165, 1.54) is 12.8 Å². The van der Waals surface area contributed by atoms with Gasteiger partial charge in [0.15, 0.2) is 0 Å². The number of nitrogens with zero attached hydrogens (tertiary/aromatic N) is 1. The fourth-order valence-corrected chi connectivity index (χ4v) is 2.53. The third-order valence-electron chi connectivity index (χ3n) is 4.18. The van der Waals surface area contributed by atoms with E-state index >= 15 is 0 Å². The number of carbonyl (C=O) groups excluding carboxylic acids is 1. The van der Waals surface area contributed by atoms with E-state index in [9.17, 15) is 9.59 Å². The van der Waals surface area contributed by atoms with Gasteiger partial charge in [-0.05, 0) is 42.5 Å². The van der Waals surface area contributed by atoms with Crippen LogP contribution in [0.4, 0.5) is 0 Å². The van der Waals surface area contributed by atoms with Gasteiger partial charge in [0.05, 0.1) is 13.1 Å². The van der Waals surface area contributed by atoms with Crippen LogP contribution in [0, 0.1) is 5.92 Å². The van der Waals surface area contributed by atoms with Crippen molar-refractivity contribution < 1.29 is 4.79 Å². The maximum atomic E-state index is 11.8. The summed E-state index contributed by atoms with van der Waals surface area (Å²) in [6.45, 7) is 2.40. The lowest BCUT2D eigenvalue weighted by Gasteiger charge is -2.08. The van der Waals surface area contributed by atoms with E-state index in [0.717, 1.165) is 23.6 Å². The van der Waals surface area contributed by atoms with E-state index in [1.807, 2.05) is 30.3 Å². The van der Waals surface area contributed by atoms with Crippen molar-refractivity contribution in [2.45, 2.75) is 25.9 Å². The van der Waals surface area contributed by atoms with Crippen LogP contribution in [0.3, 0.4) is 0 Å². The predicted octanol–water partition coefficient (Wildman–Crippen LogP) is 1.51. The zero-order valence-electron chi connectivity index (χ0n) is 13.7. The summed E-state index contributed by atoms with van der Waals surface area (Å²) in [5.74, 6) is 0.804. The summed E-state index contributed by atoms with van der Waals surface area (Å²) in [4.78, 5) is 23.5. The highest BCUT2D eigenvalue weighted by Gasteiger charge is 2.20. The van der Waals surface area contributed by atoms with Gasteiger partial charge in [0.25, 0.3) is 5.56 Å². The van der Waals surface area contributed by atoms with Gasteiger partial charge in [0.1, 0.15) is 0 Å². The van der Waals surface area contributed by atoms with Gasteiger partial charge < -0.3 is 15.2 Å². The lowest BCUT2D eigenvalue weighted by molar-refractivity contribution is -0.120. The summed E-state index contributed by atoms with van der Waals surface area (Å²) in [6, 6.07) is 13.1. The average Bonchev–Trinajstić information content (AvgIpc) is 3.41. The Balaban J connectivity index is 1.44. The molecule has 5 nitrogen and oxygen atoms in total. The summed E-state index contributed by atoms with van der Waals surface area (Å²) < 4.78 is 1.67. The van der Waals surface area contributed by atoms with Gasteiger partial charge in [0, 0.05) is 18.8 Å². The Bertz CT molecular complexity index is 733. The molecule has 1 heterocycles. The summed E-state index contributed by atoms with van der Waals surface area (Å²) >= 11 is 0. The van der Waals surface area contributed by atoms with Crippen molar-refractivity contribution in [1.82, 2.24) is 15.2 Å². The quantitative estimate of drug-likeness (QED) is 0.773. The van der Waals surface area contributed by atoms with Crippen LogP contribution in [0.2, 0.25) is 0 Å². The summed E-state index contributed by atoms with van der Waals surface area (Å²) in [5, 5.41) is 6.10. The second kappa shape index (κ2) is 7.93. The van der Waals surface area contributed by atoms with Gasteiger partial charge in [-0.2, -0.15) is 0 Å². The highest BCUT2D eigenvalue weighted by atomic mass is 16.2. The van der Waals surface area contributed by atoms with E-state index in [-0.39, 0.29) is 11.5 Å². The number of carbonyl (C=O) groups is 1. The molecule has 0 unspecified atom stereocenters. The minimum Gasteiger partial charge on any atom is -0.351 e. The monoisotopic (exact) mass is 325 g/mol. The lowest BCUT2D eigenvalue weighted by atomic mass is 10.1. The highest BCUT2D eigenvalue weighted by Crippen LogP contribution is 2.27. The SMILES string of the molecule is O=C(CNCC1CC1)NCc1ccc(Cn2ccccc2=O)cc1. The Morgan fingerprint density at radius 1 is 1.08 bits per heavy atom. The normalized spacial score (nSPS) is 13.7. The highest BCUT2D eigenvalue weighted by molar-refractivity contribution is 5.77. The van der Waals surface area contributed by atoms with Gasteiger partial charge in [-0.15, -0.1) is 0 Å². The number of pyridine rings is 1. The molecule has 2 aromatic rings. The topological polar surface area (TPSA) is 63.1 Å². The minimum absolute atomic E-state index is 0.00691. The van der Waals surface area contributed by atoms with Gasteiger partial charge in [-0.1, -0.05) is 30.3 Å². The van der Waals surface area contributed by atoms with Gasteiger partial charge in [0.2, 0.25) is 5.91 Å². The second-order valence-corrected chi connectivity index (χ2v) is 6.33. The van der Waals surface area contributed by atoms with Crippen LogP contribution in [-0.4, -0.2) is 23.6 Å². The average molecular weight is 325 g/mol. The van der Waals surface area contributed by atoms with Crippen molar-refractivity contribution >= 4 is 5.91 Å². The fourth-order valence-electron chi connectivity index (χ4n) is 2.53. The molecule has 0 bridgehead atoms. The molecule has 5 heteroatoms. The first kappa shape index (κ1) is 16.5. The van der Waals surface area contributed by atoms with Crippen LogP contribution in [0.15, 0.2) is 53.5 Å². The van der Waals surface area contributed by atoms with Crippen LogP contribution < -0.4 is 16.2 Å². The Morgan fingerprint density at radius 2 is 1.83 bits per heavy atom. The van der Waals surface area contributed by atoms with Gasteiger partial charge in [-0.25, -0.2) is 0 Å². The third-order valence-corrected chi connectivity index (χ3v) is 4.18. The van der Waals surface area contributed by atoms with Crippen molar-refractivity contribution in [1.29, 1.82) is 0 Å². The number of aromatic nitrogens is 1. The molecule has 0 spiro atoms. The summed E-state index contributed by atoms with van der Waals surface area (Å²) in [6.07, 6.45) is 4.36. The van der Waals surface area contributed by atoms with E-state index in [1.54, 1.807) is 22.9 Å². The molecule has 0 aliphatic heterocycles. The van der Waals surface area contributed by atoms with Crippen LogP contribution in [0.1, 0.15) is 24.0 Å². The molecule has 24 heavy (non-hydrogen) atoms. The molecule has 1 aliphatic carbocycles. The van der Waals surface area contributed by atoms with E-state index in [0.29, 0.717) is 19.6 Å². The largest absolute Gasteiger partial charge is 0.351 e. The lowest BCUT2D eigenvalue weighted by Crippen LogP contribution is -2.34. The Labute approximate surface area is 141 Å². The van der Waals surface area contributed by atoms with Crippen LogP contribution in [0.25, 0.3) is 0 Å². The molecule has 1 aromatic heterocycles. The summed E-state index contributed by atoms with van der Waals surface area (Å²) in [7, 11) is 0. The molecule has 1 saturated carbocycles. The van der Waals surface area contributed by atoms with E-state index in [2.05, 4.69) is 10.6 Å². The van der Waals surface area contributed by atoms with Crippen molar-refractivity contribution in [2.24, 2.45) is 5.92 Å². The molecule has 2 N–H and O–H groups in total. The Hall–Kier alpha value is -2.40. The van der Waals surface area contributed by atoms with Crippen molar-refractivity contribution in [3.05, 3.63) is 70.1 Å². The molecule has 0 radical (unpaired) electrons. The van der Waals surface area contributed by atoms with Crippen LogP contribution >= 0.6 is 0 Å². The van der Waals surface area contributed by atoms with Crippen molar-refractivity contribution in [3.8, 4) is 0 Å². The molecule has 126 valence electrons. The maximum absolute atomic E-state index is 11.8.